The highest BCUT2D eigenvalue weighted by Crippen LogP contribution is 2.23. The van der Waals surface area contributed by atoms with Gasteiger partial charge in [-0.3, -0.25) is 0 Å². The largest absolute Gasteiger partial charge is 0.395 e. The van der Waals surface area contributed by atoms with Gasteiger partial charge in [0.15, 0.2) is 5.82 Å². The average molecular weight is 258 g/mol. The Morgan fingerprint density at radius 1 is 1.28 bits per heavy atom. The van der Waals surface area contributed by atoms with Crippen LogP contribution in [0.15, 0.2) is 12.1 Å². The van der Waals surface area contributed by atoms with Gasteiger partial charge in [-0.1, -0.05) is 0 Å². The number of benzene rings is 1. The van der Waals surface area contributed by atoms with E-state index in [0.717, 1.165) is 18.9 Å². The lowest BCUT2D eigenvalue weighted by Gasteiger charge is -2.11. The number of nitrogens with two attached hydrogens (primary N) is 1. The lowest BCUT2D eigenvalue weighted by Crippen LogP contribution is -2.08. The van der Waals surface area contributed by atoms with Gasteiger partial charge in [-0.25, -0.2) is 8.78 Å². The second-order valence-electron chi connectivity index (χ2n) is 4.40. The smallest absolute Gasteiger partial charge is 0.151 e. The maximum Gasteiger partial charge on any atom is 0.151 e. The van der Waals surface area contributed by atoms with Gasteiger partial charge >= 0.3 is 0 Å². The predicted octanol–water partition coefficient (Wildman–Crippen LogP) is 3.16. The zero-order valence-electron chi connectivity index (χ0n) is 10.8. The van der Waals surface area contributed by atoms with Crippen LogP contribution in [-0.2, 0) is 4.74 Å². The summed E-state index contributed by atoms with van der Waals surface area (Å²) in [5.41, 5.74) is 5.76. The maximum atomic E-state index is 13.1. The van der Waals surface area contributed by atoms with Crippen LogP contribution in [0.4, 0.5) is 20.2 Å². The van der Waals surface area contributed by atoms with Crippen molar-refractivity contribution in [2.75, 3.05) is 24.2 Å². The van der Waals surface area contributed by atoms with Crippen molar-refractivity contribution in [1.82, 2.24) is 0 Å². The number of hydrogen-bond acceptors (Lipinski definition) is 3. The van der Waals surface area contributed by atoms with E-state index < -0.39 is 11.6 Å². The van der Waals surface area contributed by atoms with Crippen molar-refractivity contribution in [3.05, 3.63) is 23.8 Å². The van der Waals surface area contributed by atoms with Gasteiger partial charge in [0.25, 0.3) is 0 Å². The first-order valence-electron chi connectivity index (χ1n) is 6.10. The van der Waals surface area contributed by atoms with Gasteiger partial charge in [-0.2, -0.15) is 0 Å². The van der Waals surface area contributed by atoms with Crippen LogP contribution in [0, 0.1) is 11.6 Å². The molecule has 0 aliphatic heterocycles. The van der Waals surface area contributed by atoms with Gasteiger partial charge in [0.2, 0.25) is 0 Å². The van der Waals surface area contributed by atoms with E-state index >= 15 is 0 Å². The van der Waals surface area contributed by atoms with Gasteiger partial charge < -0.3 is 15.8 Å². The third-order valence-corrected chi connectivity index (χ3v) is 2.43. The number of nitrogens with one attached hydrogen (secondary N) is 1. The predicted molar refractivity (Wildman–Crippen MR) is 69.6 cm³/mol. The zero-order chi connectivity index (χ0) is 13.5. The van der Waals surface area contributed by atoms with Crippen LogP contribution in [0.3, 0.4) is 0 Å². The van der Waals surface area contributed by atoms with Crippen LogP contribution in [0.1, 0.15) is 26.7 Å². The lowest BCUT2D eigenvalue weighted by molar-refractivity contribution is 0.0765. The third kappa shape index (κ3) is 4.87. The summed E-state index contributed by atoms with van der Waals surface area (Å²) in [7, 11) is 0. The van der Waals surface area contributed by atoms with E-state index in [0.29, 0.717) is 18.8 Å². The molecule has 1 rings (SSSR count). The first kappa shape index (κ1) is 14.7. The number of rotatable bonds is 7. The highest BCUT2D eigenvalue weighted by atomic mass is 19.1. The summed E-state index contributed by atoms with van der Waals surface area (Å²) in [6.45, 7) is 5.25. The Hall–Kier alpha value is -1.36. The number of unbranched alkanes of at least 4 members (excludes halogenated alkanes) is 1. The summed E-state index contributed by atoms with van der Waals surface area (Å²) in [6.07, 6.45) is 1.97. The molecule has 3 nitrogen and oxygen atoms in total. The lowest BCUT2D eigenvalue weighted by atomic mass is 10.2. The number of nitrogen functional groups attached to an aromatic ring is 1. The van der Waals surface area contributed by atoms with E-state index in [1.54, 1.807) is 0 Å². The van der Waals surface area contributed by atoms with Crippen LogP contribution in [0.25, 0.3) is 0 Å². The summed E-state index contributed by atoms with van der Waals surface area (Å²) in [6, 6.07) is 1.97. The van der Waals surface area contributed by atoms with Crippen LogP contribution in [0.5, 0.6) is 0 Å². The topological polar surface area (TPSA) is 47.3 Å². The number of halogens is 2. The van der Waals surface area contributed by atoms with Crippen molar-refractivity contribution in [2.45, 2.75) is 32.8 Å². The van der Waals surface area contributed by atoms with Crippen molar-refractivity contribution < 1.29 is 13.5 Å². The third-order valence-electron chi connectivity index (χ3n) is 2.43. The van der Waals surface area contributed by atoms with E-state index in [9.17, 15) is 8.78 Å². The molecule has 0 saturated carbocycles. The molecule has 0 radical (unpaired) electrons. The molecule has 0 unspecified atom stereocenters. The standard InChI is InChI=1S/C13H20F2N2O/c1-9(2)18-6-4-3-5-17-12-8-10(14)7-11(15)13(12)16/h7-9,17H,3-6,16H2,1-2H3. The molecule has 0 aliphatic carbocycles. The van der Waals surface area contributed by atoms with E-state index in [1.165, 1.54) is 6.07 Å². The maximum absolute atomic E-state index is 13.1. The molecule has 0 aromatic heterocycles. The molecular weight excluding hydrogens is 238 g/mol. The Labute approximate surface area is 106 Å². The monoisotopic (exact) mass is 258 g/mol. The molecule has 0 aliphatic rings. The first-order valence-corrected chi connectivity index (χ1v) is 6.10. The Morgan fingerprint density at radius 2 is 2.00 bits per heavy atom. The van der Waals surface area contributed by atoms with Crippen LogP contribution >= 0.6 is 0 Å². The molecule has 1 aromatic rings. The number of ether oxygens (including phenoxy) is 1. The minimum Gasteiger partial charge on any atom is -0.395 e. The molecule has 0 heterocycles. The van der Waals surface area contributed by atoms with Crippen molar-refractivity contribution in [2.24, 2.45) is 0 Å². The Morgan fingerprint density at radius 3 is 2.67 bits per heavy atom. The highest BCUT2D eigenvalue weighted by molar-refractivity contribution is 5.66. The van der Waals surface area contributed by atoms with Crippen molar-refractivity contribution in [3.63, 3.8) is 0 Å². The van der Waals surface area contributed by atoms with E-state index in [1.807, 2.05) is 13.8 Å². The Kier molecular flexibility index (Phi) is 5.85. The van der Waals surface area contributed by atoms with Gasteiger partial charge in [-0.05, 0) is 32.8 Å². The van der Waals surface area contributed by atoms with E-state index in [-0.39, 0.29) is 11.8 Å². The van der Waals surface area contributed by atoms with E-state index in [2.05, 4.69) is 5.32 Å². The van der Waals surface area contributed by atoms with Crippen molar-refractivity contribution >= 4 is 11.4 Å². The normalized spacial score (nSPS) is 10.9. The average Bonchev–Trinajstić information content (AvgIpc) is 2.29. The molecular formula is C13H20F2N2O. The zero-order valence-corrected chi connectivity index (χ0v) is 10.8. The van der Waals surface area contributed by atoms with Gasteiger partial charge in [0.05, 0.1) is 17.5 Å². The number of anilines is 2. The SMILES string of the molecule is CC(C)OCCCCNc1cc(F)cc(F)c1N. The quantitative estimate of drug-likeness (QED) is 0.583. The molecule has 1 aromatic carbocycles. The molecule has 0 amide bonds. The molecule has 0 fully saturated rings. The van der Waals surface area contributed by atoms with Crippen LogP contribution < -0.4 is 11.1 Å². The van der Waals surface area contributed by atoms with E-state index in [4.69, 9.17) is 10.5 Å². The van der Waals surface area contributed by atoms with Gasteiger partial charge in [0, 0.05) is 19.2 Å². The summed E-state index contributed by atoms with van der Waals surface area (Å²) >= 11 is 0. The molecule has 0 bridgehead atoms. The summed E-state index contributed by atoms with van der Waals surface area (Å²) in [4.78, 5) is 0. The van der Waals surface area contributed by atoms with Crippen molar-refractivity contribution in [3.8, 4) is 0 Å². The van der Waals surface area contributed by atoms with Gasteiger partial charge in [-0.15, -0.1) is 0 Å². The Balaban J connectivity index is 2.31. The van der Waals surface area contributed by atoms with Crippen LogP contribution in [-0.4, -0.2) is 19.3 Å². The fourth-order valence-corrected chi connectivity index (χ4v) is 1.50. The molecule has 3 N–H and O–H groups in total. The minimum absolute atomic E-state index is 0.0465. The molecule has 0 atom stereocenters. The Bertz CT molecular complexity index is 383. The molecule has 0 spiro atoms. The second kappa shape index (κ2) is 7.16. The first-order chi connectivity index (χ1) is 8.50. The summed E-state index contributed by atoms with van der Waals surface area (Å²) in [5.74, 6) is -1.37. The fourth-order valence-electron chi connectivity index (χ4n) is 1.50. The molecule has 102 valence electrons. The summed E-state index contributed by atoms with van der Waals surface area (Å²) in [5, 5.41) is 2.92. The molecule has 0 saturated heterocycles. The van der Waals surface area contributed by atoms with Crippen molar-refractivity contribution in [1.29, 1.82) is 0 Å². The second-order valence-corrected chi connectivity index (χ2v) is 4.40. The summed E-state index contributed by atoms with van der Waals surface area (Å²) < 4.78 is 31.5. The number of hydrogen-bond donors (Lipinski definition) is 2. The highest BCUT2D eigenvalue weighted by Gasteiger charge is 2.07. The minimum atomic E-state index is -0.736. The molecule has 18 heavy (non-hydrogen) atoms. The molecule has 5 heteroatoms. The van der Waals surface area contributed by atoms with Crippen LogP contribution in [0.2, 0.25) is 0 Å². The fraction of sp³-hybridized carbons (Fsp3) is 0.538. The van der Waals surface area contributed by atoms with Gasteiger partial charge in [0.1, 0.15) is 5.82 Å².